The highest BCUT2D eigenvalue weighted by atomic mass is 16.6. The van der Waals surface area contributed by atoms with Gasteiger partial charge in [0.2, 0.25) is 0 Å². The number of fused-ring (bicyclic) bond motifs is 1. The van der Waals surface area contributed by atoms with Crippen LogP contribution in [-0.4, -0.2) is 47.5 Å². The van der Waals surface area contributed by atoms with Crippen molar-refractivity contribution in [2.24, 2.45) is 0 Å². The number of piperidine rings is 1. The third kappa shape index (κ3) is 3.74. The molecule has 0 unspecified atom stereocenters. The molecule has 2 amide bonds. The first kappa shape index (κ1) is 20.3. The Morgan fingerprint density at radius 3 is 2.53 bits per heavy atom. The molecule has 6 heteroatoms. The molecule has 6 nitrogen and oxygen atoms in total. The number of rotatable bonds is 4. The van der Waals surface area contributed by atoms with Crippen LogP contribution in [0.3, 0.4) is 0 Å². The second-order valence-corrected chi connectivity index (χ2v) is 8.06. The van der Waals surface area contributed by atoms with Gasteiger partial charge in [0.1, 0.15) is 6.17 Å². The summed E-state index contributed by atoms with van der Waals surface area (Å²) in [6.07, 6.45) is 1.000. The van der Waals surface area contributed by atoms with Crippen LogP contribution >= 0.6 is 0 Å². The van der Waals surface area contributed by atoms with Gasteiger partial charge in [-0.05, 0) is 62.9 Å². The summed E-state index contributed by atoms with van der Waals surface area (Å²) in [5.74, 6) is 0.0570. The molecule has 158 valence electrons. The molecule has 2 aromatic carbocycles. The quantitative estimate of drug-likeness (QED) is 0.811. The average Bonchev–Trinajstić information content (AvgIpc) is 3.03. The second kappa shape index (κ2) is 8.38. The van der Waals surface area contributed by atoms with E-state index >= 15 is 0 Å². The van der Waals surface area contributed by atoms with Crippen LogP contribution in [0.25, 0.3) is 0 Å². The summed E-state index contributed by atoms with van der Waals surface area (Å²) in [5.41, 5.74) is 5.22. The highest BCUT2D eigenvalue weighted by Gasteiger charge is 2.42. The van der Waals surface area contributed by atoms with Crippen LogP contribution in [0.1, 0.15) is 53.0 Å². The third-order valence-corrected chi connectivity index (χ3v) is 6.19. The zero-order valence-corrected chi connectivity index (χ0v) is 17.9. The van der Waals surface area contributed by atoms with E-state index in [0.717, 1.165) is 29.7 Å². The number of anilines is 1. The minimum absolute atomic E-state index is 0.0570. The zero-order chi connectivity index (χ0) is 21.3. The van der Waals surface area contributed by atoms with Gasteiger partial charge in [-0.3, -0.25) is 4.79 Å². The van der Waals surface area contributed by atoms with E-state index < -0.39 is 0 Å². The molecule has 0 saturated carbocycles. The molecule has 1 fully saturated rings. The molecule has 0 bridgehead atoms. The molecule has 2 aromatic rings. The standard InChI is InChI=1S/C24H29N3O3/c1-4-30-24(29)26-13-11-19(12-14-26)27-22(20-7-5-6-8-21(20)23(27)28)25-18-10-9-16(2)17(3)15-18/h5-10,15,19,22,25H,4,11-14H2,1-3H3/t22-/m1/s1. The Labute approximate surface area is 177 Å². The van der Waals surface area contributed by atoms with Crippen molar-refractivity contribution in [2.45, 2.75) is 45.8 Å². The van der Waals surface area contributed by atoms with Crippen LogP contribution in [0.2, 0.25) is 0 Å². The van der Waals surface area contributed by atoms with Crippen molar-refractivity contribution in [3.05, 3.63) is 64.7 Å². The number of carbonyl (C=O) groups is 2. The van der Waals surface area contributed by atoms with Gasteiger partial charge in [-0.2, -0.15) is 0 Å². The number of benzene rings is 2. The molecule has 1 atom stereocenters. The molecule has 2 aliphatic rings. The summed E-state index contributed by atoms with van der Waals surface area (Å²) in [6.45, 7) is 7.57. The number of likely N-dealkylation sites (tertiary alicyclic amines) is 1. The average molecular weight is 408 g/mol. The molecule has 4 rings (SSSR count). The number of amides is 2. The summed E-state index contributed by atoms with van der Waals surface area (Å²) < 4.78 is 5.13. The molecular weight excluding hydrogens is 378 g/mol. The third-order valence-electron chi connectivity index (χ3n) is 6.19. The van der Waals surface area contributed by atoms with E-state index in [2.05, 4.69) is 37.4 Å². The molecular formula is C24H29N3O3. The molecule has 1 N–H and O–H groups in total. The van der Waals surface area contributed by atoms with E-state index in [0.29, 0.717) is 19.7 Å². The Hall–Kier alpha value is -3.02. The van der Waals surface area contributed by atoms with Gasteiger partial charge in [0.15, 0.2) is 0 Å². The fourth-order valence-electron chi connectivity index (χ4n) is 4.39. The molecule has 1 saturated heterocycles. The fraction of sp³-hybridized carbons (Fsp3) is 0.417. The Morgan fingerprint density at radius 2 is 1.83 bits per heavy atom. The Balaban J connectivity index is 1.57. The van der Waals surface area contributed by atoms with Crippen LogP contribution in [0.5, 0.6) is 0 Å². The lowest BCUT2D eigenvalue weighted by atomic mass is 10.0. The minimum Gasteiger partial charge on any atom is -0.450 e. The zero-order valence-electron chi connectivity index (χ0n) is 17.9. The van der Waals surface area contributed by atoms with Gasteiger partial charge in [0, 0.05) is 35.9 Å². The lowest BCUT2D eigenvalue weighted by Crippen LogP contribution is -2.49. The summed E-state index contributed by atoms with van der Waals surface area (Å²) in [6, 6.07) is 14.2. The Kier molecular flexibility index (Phi) is 5.66. The highest BCUT2D eigenvalue weighted by Crippen LogP contribution is 2.38. The molecule has 2 heterocycles. The number of nitrogens with one attached hydrogen (secondary N) is 1. The van der Waals surface area contributed by atoms with Gasteiger partial charge in [-0.1, -0.05) is 24.3 Å². The number of nitrogens with zero attached hydrogens (tertiary/aromatic N) is 2. The van der Waals surface area contributed by atoms with E-state index in [9.17, 15) is 9.59 Å². The van der Waals surface area contributed by atoms with Crippen molar-refractivity contribution in [1.29, 1.82) is 0 Å². The van der Waals surface area contributed by atoms with Crippen molar-refractivity contribution in [3.63, 3.8) is 0 Å². The van der Waals surface area contributed by atoms with Gasteiger partial charge in [-0.25, -0.2) is 4.79 Å². The second-order valence-electron chi connectivity index (χ2n) is 8.06. The number of aryl methyl sites for hydroxylation is 2. The molecule has 0 aliphatic carbocycles. The number of ether oxygens (including phenoxy) is 1. The van der Waals surface area contributed by atoms with E-state index in [1.54, 1.807) is 4.90 Å². The first-order chi connectivity index (χ1) is 14.5. The highest BCUT2D eigenvalue weighted by molar-refractivity contribution is 5.99. The van der Waals surface area contributed by atoms with Crippen molar-refractivity contribution >= 4 is 17.7 Å². The number of carbonyl (C=O) groups excluding carboxylic acids is 2. The van der Waals surface area contributed by atoms with E-state index in [4.69, 9.17) is 4.74 Å². The molecule has 0 aromatic heterocycles. The summed E-state index contributed by atoms with van der Waals surface area (Å²) in [7, 11) is 0. The van der Waals surface area contributed by atoms with Gasteiger partial charge < -0.3 is 19.9 Å². The first-order valence-corrected chi connectivity index (χ1v) is 10.7. The largest absolute Gasteiger partial charge is 0.450 e. The summed E-state index contributed by atoms with van der Waals surface area (Å²) in [4.78, 5) is 29.1. The molecule has 0 spiro atoms. The van der Waals surface area contributed by atoms with Crippen molar-refractivity contribution < 1.29 is 14.3 Å². The first-order valence-electron chi connectivity index (χ1n) is 10.7. The van der Waals surface area contributed by atoms with Crippen LogP contribution in [-0.2, 0) is 4.74 Å². The van der Waals surface area contributed by atoms with Gasteiger partial charge in [0.05, 0.1) is 6.61 Å². The maximum atomic E-state index is 13.3. The monoisotopic (exact) mass is 407 g/mol. The van der Waals surface area contributed by atoms with Crippen LogP contribution in [0, 0.1) is 13.8 Å². The molecule has 2 aliphatic heterocycles. The van der Waals surface area contributed by atoms with Crippen molar-refractivity contribution in [3.8, 4) is 0 Å². The van der Waals surface area contributed by atoms with Crippen LogP contribution in [0.4, 0.5) is 10.5 Å². The van der Waals surface area contributed by atoms with Crippen LogP contribution in [0.15, 0.2) is 42.5 Å². The Bertz CT molecular complexity index is 950. The topological polar surface area (TPSA) is 61.9 Å². The Morgan fingerprint density at radius 1 is 1.10 bits per heavy atom. The predicted molar refractivity (Wildman–Crippen MR) is 117 cm³/mol. The molecule has 30 heavy (non-hydrogen) atoms. The predicted octanol–water partition coefficient (Wildman–Crippen LogP) is 4.49. The van der Waals surface area contributed by atoms with E-state index in [1.807, 2.05) is 36.1 Å². The SMILES string of the molecule is CCOC(=O)N1CCC(N2C(=O)c3ccccc3[C@@H]2Nc2ccc(C)c(C)c2)CC1. The van der Waals surface area contributed by atoms with E-state index in [1.165, 1.54) is 11.1 Å². The van der Waals surface area contributed by atoms with Gasteiger partial charge in [-0.15, -0.1) is 0 Å². The minimum atomic E-state index is -0.267. The summed E-state index contributed by atoms with van der Waals surface area (Å²) in [5, 5.41) is 3.60. The summed E-state index contributed by atoms with van der Waals surface area (Å²) >= 11 is 0. The molecule has 0 radical (unpaired) electrons. The van der Waals surface area contributed by atoms with E-state index in [-0.39, 0.29) is 24.2 Å². The van der Waals surface area contributed by atoms with Crippen molar-refractivity contribution in [1.82, 2.24) is 9.80 Å². The van der Waals surface area contributed by atoms with Crippen molar-refractivity contribution in [2.75, 3.05) is 25.0 Å². The number of hydrogen-bond acceptors (Lipinski definition) is 4. The lowest BCUT2D eigenvalue weighted by molar-refractivity contribution is 0.0496. The lowest BCUT2D eigenvalue weighted by Gasteiger charge is -2.39. The van der Waals surface area contributed by atoms with Crippen LogP contribution < -0.4 is 5.32 Å². The maximum Gasteiger partial charge on any atom is 0.409 e. The fourth-order valence-corrected chi connectivity index (χ4v) is 4.39. The number of hydrogen-bond donors (Lipinski definition) is 1. The van der Waals surface area contributed by atoms with Gasteiger partial charge >= 0.3 is 6.09 Å². The van der Waals surface area contributed by atoms with Gasteiger partial charge in [0.25, 0.3) is 5.91 Å². The maximum absolute atomic E-state index is 13.3. The normalized spacial score (nSPS) is 19.0. The smallest absolute Gasteiger partial charge is 0.409 e.